The summed E-state index contributed by atoms with van der Waals surface area (Å²) < 4.78 is 7.10. The fourth-order valence-corrected chi connectivity index (χ4v) is 7.17. The molecule has 4 aliphatic rings. The Balaban J connectivity index is 1.06. The molecule has 3 fully saturated rings. The molecule has 1 atom stereocenters. The molecule has 2 N–H and O–H groups in total. The molecule has 7 rings (SSSR count). The lowest BCUT2D eigenvalue weighted by molar-refractivity contribution is -0.946. The molecule has 3 aromatic rings. The van der Waals surface area contributed by atoms with E-state index in [0.29, 0.717) is 23.6 Å². The Bertz CT molecular complexity index is 1270. The van der Waals surface area contributed by atoms with Crippen molar-refractivity contribution in [3.05, 3.63) is 107 Å². The number of quaternary nitrogens is 1. The Morgan fingerprint density at radius 2 is 1.40 bits per heavy atom. The number of fused-ring (bicyclic) bond motifs is 4. The highest BCUT2D eigenvalue weighted by Crippen LogP contribution is 2.38. The van der Waals surface area contributed by atoms with E-state index in [1.165, 1.54) is 11.1 Å². The van der Waals surface area contributed by atoms with Crippen molar-refractivity contribution in [2.24, 2.45) is 11.8 Å². The number of carbonyl (C=O) groups is 2. The summed E-state index contributed by atoms with van der Waals surface area (Å²) in [6.07, 6.45) is 4.36. The molecule has 1 aliphatic carbocycles. The second kappa shape index (κ2) is 11.2. The SMILES string of the molecule is O=C(NCCC[N+]12CCC(CC1)C(OC(=O)C(O)(c1ccccc1)c1ccccc1)C2)C1Cc2ccccc2C1. The summed E-state index contributed by atoms with van der Waals surface area (Å²) in [6, 6.07) is 26.5. The van der Waals surface area contributed by atoms with Crippen LogP contribution in [0.3, 0.4) is 0 Å². The standard InChI is InChI=1S/C34H38N2O4/c37-32(28-22-26-10-7-8-11-27(26)23-28)35-18-9-19-36-20-16-25(17-21-36)31(24-36)40-33(38)34(39,29-12-3-1-4-13-29)30-14-5-2-6-15-30/h1-8,10-15,25,28,31,39H,9,16-24H2/p+1. The van der Waals surface area contributed by atoms with Gasteiger partial charge in [-0.3, -0.25) is 4.79 Å². The number of ether oxygens (including phenoxy) is 1. The molecule has 40 heavy (non-hydrogen) atoms. The Labute approximate surface area is 236 Å². The van der Waals surface area contributed by atoms with Gasteiger partial charge >= 0.3 is 5.97 Å². The van der Waals surface area contributed by atoms with Crippen molar-refractivity contribution in [2.75, 3.05) is 32.7 Å². The van der Waals surface area contributed by atoms with Gasteiger partial charge in [-0.25, -0.2) is 4.79 Å². The number of rotatable bonds is 9. The van der Waals surface area contributed by atoms with E-state index in [0.717, 1.165) is 62.8 Å². The third kappa shape index (κ3) is 5.18. The van der Waals surface area contributed by atoms with E-state index >= 15 is 0 Å². The molecule has 1 amide bonds. The van der Waals surface area contributed by atoms with Gasteiger partial charge in [-0.05, 0) is 35.1 Å². The molecule has 0 aromatic heterocycles. The first kappa shape index (κ1) is 26.7. The average molecular weight is 540 g/mol. The molecule has 0 saturated carbocycles. The third-order valence-corrected chi connectivity index (χ3v) is 9.51. The Morgan fingerprint density at radius 1 is 0.850 bits per heavy atom. The van der Waals surface area contributed by atoms with E-state index in [-0.39, 0.29) is 17.9 Å². The number of esters is 1. The predicted molar refractivity (Wildman–Crippen MR) is 153 cm³/mol. The molecule has 3 aromatic carbocycles. The first-order valence-electron chi connectivity index (χ1n) is 14.7. The molecule has 6 nitrogen and oxygen atoms in total. The number of hydrogen-bond donors (Lipinski definition) is 2. The summed E-state index contributed by atoms with van der Waals surface area (Å²) in [5.74, 6) is -0.0940. The van der Waals surface area contributed by atoms with Gasteiger partial charge in [0.2, 0.25) is 11.5 Å². The van der Waals surface area contributed by atoms with Crippen molar-refractivity contribution in [3.8, 4) is 0 Å². The molecule has 0 radical (unpaired) electrons. The summed E-state index contributed by atoms with van der Waals surface area (Å²) in [6.45, 7) is 4.54. The first-order valence-corrected chi connectivity index (χ1v) is 14.7. The molecule has 1 unspecified atom stereocenters. The van der Waals surface area contributed by atoms with E-state index in [1.807, 2.05) is 48.5 Å². The van der Waals surface area contributed by atoms with Gasteiger partial charge in [0.25, 0.3) is 0 Å². The van der Waals surface area contributed by atoms with E-state index in [2.05, 4.69) is 17.4 Å². The van der Waals surface area contributed by atoms with Crippen LogP contribution in [0.2, 0.25) is 0 Å². The van der Waals surface area contributed by atoms with Crippen LogP contribution in [0.25, 0.3) is 0 Å². The van der Waals surface area contributed by atoms with Crippen LogP contribution in [0.15, 0.2) is 84.9 Å². The third-order valence-electron chi connectivity index (χ3n) is 9.51. The predicted octanol–water partition coefficient (Wildman–Crippen LogP) is 4.00. The van der Waals surface area contributed by atoms with E-state index < -0.39 is 11.6 Å². The van der Waals surface area contributed by atoms with Crippen LogP contribution in [0.4, 0.5) is 0 Å². The van der Waals surface area contributed by atoms with Crippen LogP contribution in [-0.2, 0) is 32.8 Å². The van der Waals surface area contributed by atoms with Gasteiger partial charge in [0, 0.05) is 37.6 Å². The van der Waals surface area contributed by atoms with Gasteiger partial charge in [0.05, 0.1) is 19.6 Å². The van der Waals surface area contributed by atoms with Gasteiger partial charge in [0.1, 0.15) is 6.54 Å². The Hall–Kier alpha value is -3.48. The Kier molecular flexibility index (Phi) is 7.47. The summed E-state index contributed by atoms with van der Waals surface area (Å²) >= 11 is 0. The van der Waals surface area contributed by atoms with Crippen molar-refractivity contribution in [1.29, 1.82) is 0 Å². The lowest BCUT2D eigenvalue weighted by Gasteiger charge is -2.52. The zero-order valence-corrected chi connectivity index (χ0v) is 23.0. The summed E-state index contributed by atoms with van der Waals surface area (Å²) in [7, 11) is 0. The van der Waals surface area contributed by atoms with E-state index in [1.54, 1.807) is 24.3 Å². The molecule has 3 saturated heterocycles. The van der Waals surface area contributed by atoms with Crippen LogP contribution >= 0.6 is 0 Å². The average Bonchev–Trinajstić information content (AvgIpc) is 3.45. The van der Waals surface area contributed by atoms with Crippen molar-refractivity contribution in [1.82, 2.24) is 5.32 Å². The van der Waals surface area contributed by atoms with Crippen LogP contribution < -0.4 is 5.32 Å². The van der Waals surface area contributed by atoms with Crippen molar-refractivity contribution < 1.29 is 23.9 Å². The lowest BCUT2D eigenvalue weighted by Crippen LogP contribution is -2.65. The van der Waals surface area contributed by atoms with Gasteiger partial charge < -0.3 is 19.6 Å². The van der Waals surface area contributed by atoms with Gasteiger partial charge in [-0.2, -0.15) is 0 Å². The van der Waals surface area contributed by atoms with Crippen molar-refractivity contribution in [3.63, 3.8) is 0 Å². The molecule has 208 valence electrons. The number of hydrogen-bond acceptors (Lipinski definition) is 4. The number of carbonyl (C=O) groups excluding carboxylic acids is 2. The number of nitrogens with one attached hydrogen (secondary N) is 1. The van der Waals surface area contributed by atoms with Crippen LogP contribution in [0, 0.1) is 11.8 Å². The maximum atomic E-state index is 13.7. The van der Waals surface area contributed by atoms with Crippen molar-refractivity contribution >= 4 is 11.9 Å². The molecule has 2 bridgehead atoms. The number of nitrogens with zero attached hydrogens (tertiary/aromatic N) is 1. The minimum absolute atomic E-state index is 0.0342. The zero-order valence-electron chi connectivity index (χ0n) is 23.0. The monoisotopic (exact) mass is 539 g/mol. The maximum Gasteiger partial charge on any atom is 0.348 e. The molecular formula is C34H39N2O4+. The number of benzene rings is 3. The highest BCUT2D eigenvalue weighted by Gasteiger charge is 2.50. The topological polar surface area (TPSA) is 75.6 Å². The number of aliphatic hydroxyl groups is 1. The maximum absolute atomic E-state index is 13.7. The second-order valence-electron chi connectivity index (χ2n) is 11.9. The van der Waals surface area contributed by atoms with Gasteiger partial charge in [-0.1, -0.05) is 84.9 Å². The highest BCUT2D eigenvalue weighted by atomic mass is 16.6. The van der Waals surface area contributed by atoms with Gasteiger partial charge in [0.15, 0.2) is 6.10 Å². The molecule has 6 heteroatoms. The normalized spacial score (nSPS) is 23.9. The molecule has 3 heterocycles. The summed E-state index contributed by atoms with van der Waals surface area (Å²) in [5, 5.41) is 15.0. The minimum Gasteiger partial charge on any atom is -0.453 e. The van der Waals surface area contributed by atoms with Crippen LogP contribution in [0.1, 0.15) is 41.5 Å². The number of piperidine rings is 3. The largest absolute Gasteiger partial charge is 0.453 e. The molecular weight excluding hydrogens is 500 g/mol. The van der Waals surface area contributed by atoms with E-state index in [4.69, 9.17) is 4.74 Å². The smallest absolute Gasteiger partial charge is 0.348 e. The van der Waals surface area contributed by atoms with Crippen LogP contribution in [0.5, 0.6) is 0 Å². The fourth-order valence-electron chi connectivity index (χ4n) is 7.17. The Morgan fingerprint density at radius 3 is 1.98 bits per heavy atom. The molecule has 3 aliphatic heterocycles. The second-order valence-corrected chi connectivity index (χ2v) is 11.9. The van der Waals surface area contributed by atoms with Crippen molar-refractivity contribution in [2.45, 2.75) is 43.8 Å². The van der Waals surface area contributed by atoms with E-state index in [9.17, 15) is 14.7 Å². The summed E-state index contributed by atoms with van der Waals surface area (Å²) in [4.78, 5) is 26.6. The first-order chi connectivity index (χ1) is 19.5. The fraction of sp³-hybridized carbons (Fsp3) is 0.412. The minimum atomic E-state index is -1.86. The zero-order chi connectivity index (χ0) is 27.6. The summed E-state index contributed by atoms with van der Waals surface area (Å²) in [5.41, 5.74) is 1.76. The lowest BCUT2D eigenvalue weighted by atomic mass is 9.82. The highest BCUT2D eigenvalue weighted by molar-refractivity contribution is 5.85. The molecule has 0 spiro atoms. The van der Waals surface area contributed by atoms with Crippen LogP contribution in [-0.4, -0.2) is 60.3 Å². The quantitative estimate of drug-likeness (QED) is 0.245. The van der Waals surface area contributed by atoms with Gasteiger partial charge in [-0.15, -0.1) is 0 Å². The number of amides is 1.